The first-order valence-electron chi connectivity index (χ1n) is 8.60. The number of rotatable bonds is 9. The molecule has 2 N–H and O–H groups in total. The Morgan fingerprint density at radius 2 is 2.00 bits per heavy atom. The van der Waals surface area contributed by atoms with Gasteiger partial charge in [0.05, 0.1) is 5.69 Å². The van der Waals surface area contributed by atoms with Crippen LogP contribution in [0.1, 0.15) is 42.1 Å². The summed E-state index contributed by atoms with van der Waals surface area (Å²) in [5, 5.41) is 12.3. The Hall–Kier alpha value is -2.40. The van der Waals surface area contributed by atoms with Crippen LogP contribution in [0.2, 0.25) is 0 Å². The van der Waals surface area contributed by atoms with Crippen LogP contribution in [-0.4, -0.2) is 22.1 Å². The zero-order chi connectivity index (χ0) is 18.2. The molecule has 2 rings (SSSR count). The molecule has 5 nitrogen and oxygen atoms in total. The number of ether oxygens (including phenoxy) is 1. The van der Waals surface area contributed by atoms with Crippen LogP contribution in [0.25, 0.3) is 0 Å². The number of aromatic nitrogens is 1. The van der Waals surface area contributed by atoms with Gasteiger partial charge in [0, 0.05) is 12.7 Å². The van der Waals surface area contributed by atoms with Crippen LogP contribution in [-0.2, 0) is 17.9 Å². The van der Waals surface area contributed by atoms with Crippen molar-refractivity contribution in [1.82, 2.24) is 10.3 Å². The lowest BCUT2D eigenvalue weighted by atomic mass is 10.0. The van der Waals surface area contributed by atoms with Gasteiger partial charge in [-0.2, -0.15) is 0 Å². The van der Waals surface area contributed by atoms with E-state index in [1.165, 1.54) is 0 Å². The predicted octanol–water partition coefficient (Wildman–Crippen LogP) is 3.62. The maximum Gasteiger partial charge on any atom is 0.320 e. The first kappa shape index (κ1) is 18.9. The Bertz CT molecular complexity index is 678. The minimum Gasteiger partial charge on any atom is -0.487 e. The van der Waals surface area contributed by atoms with Crippen molar-refractivity contribution >= 4 is 5.97 Å². The Morgan fingerprint density at radius 3 is 2.56 bits per heavy atom. The van der Waals surface area contributed by atoms with Crippen molar-refractivity contribution in [3.8, 4) is 5.75 Å². The number of nitrogens with one attached hydrogen (secondary N) is 1. The Kier molecular flexibility index (Phi) is 6.95. The topological polar surface area (TPSA) is 71.5 Å². The maximum absolute atomic E-state index is 11.2. The number of benzene rings is 1. The van der Waals surface area contributed by atoms with Crippen LogP contribution in [0.4, 0.5) is 0 Å². The lowest BCUT2D eigenvalue weighted by molar-refractivity contribution is -0.139. The van der Waals surface area contributed by atoms with Crippen LogP contribution < -0.4 is 10.1 Å². The number of aryl methyl sites for hydroxylation is 2. The monoisotopic (exact) mass is 342 g/mol. The Morgan fingerprint density at radius 1 is 1.28 bits per heavy atom. The molecule has 0 aliphatic carbocycles. The second kappa shape index (κ2) is 9.18. The van der Waals surface area contributed by atoms with Crippen LogP contribution in [0, 0.1) is 13.8 Å². The van der Waals surface area contributed by atoms with Gasteiger partial charge in [0.1, 0.15) is 18.4 Å². The van der Waals surface area contributed by atoms with E-state index in [1.54, 1.807) is 6.20 Å². The predicted molar refractivity (Wildman–Crippen MR) is 97.7 cm³/mol. The number of aliphatic carboxylic acids is 1. The summed E-state index contributed by atoms with van der Waals surface area (Å²) in [7, 11) is 0. The highest BCUT2D eigenvalue weighted by molar-refractivity contribution is 5.73. The smallest absolute Gasteiger partial charge is 0.320 e. The summed E-state index contributed by atoms with van der Waals surface area (Å²) in [6, 6.07) is 9.32. The molecule has 134 valence electrons. The summed E-state index contributed by atoms with van der Waals surface area (Å²) in [6.07, 6.45) is 3.21. The molecule has 0 saturated carbocycles. The van der Waals surface area contributed by atoms with Crippen molar-refractivity contribution in [3.05, 3.63) is 58.9 Å². The maximum atomic E-state index is 11.2. The zero-order valence-corrected chi connectivity index (χ0v) is 15.1. The molecule has 0 radical (unpaired) electrons. The van der Waals surface area contributed by atoms with Gasteiger partial charge in [0.25, 0.3) is 0 Å². The number of nitrogens with zero attached hydrogens (tertiary/aromatic N) is 1. The van der Waals surface area contributed by atoms with E-state index in [0.717, 1.165) is 34.6 Å². The molecule has 2 aromatic rings. The van der Waals surface area contributed by atoms with Gasteiger partial charge in [-0.25, -0.2) is 0 Å². The van der Waals surface area contributed by atoms with Crippen LogP contribution in [0.3, 0.4) is 0 Å². The molecule has 0 amide bonds. The summed E-state index contributed by atoms with van der Waals surface area (Å²) in [5.74, 6) is 0.0587. The van der Waals surface area contributed by atoms with E-state index in [1.807, 2.05) is 51.1 Å². The van der Waals surface area contributed by atoms with E-state index in [-0.39, 0.29) is 0 Å². The minimum atomic E-state index is -0.800. The van der Waals surface area contributed by atoms with Gasteiger partial charge in [-0.1, -0.05) is 31.5 Å². The second-order valence-corrected chi connectivity index (χ2v) is 6.23. The van der Waals surface area contributed by atoms with Crippen LogP contribution >= 0.6 is 0 Å². The highest BCUT2D eigenvalue weighted by Gasteiger charge is 2.15. The Balaban J connectivity index is 2.02. The van der Waals surface area contributed by atoms with Crippen molar-refractivity contribution in [3.63, 3.8) is 0 Å². The highest BCUT2D eigenvalue weighted by Crippen LogP contribution is 2.25. The molecule has 0 aliphatic rings. The largest absolute Gasteiger partial charge is 0.487 e. The molecule has 5 heteroatoms. The van der Waals surface area contributed by atoms with Gasteiger partial charge in [-0.15, -0.1) is 0 Å². The van der Waals surface area contributed by atoms with Gasteiger partial charge in [-0.05, 0) is 49.1 Å². The normalized spacial score (nSPS) is 12.0. The van der Waals surface area contributed by atoms with Crippen LogP contribution in [0.5, 0.6) is 5.75 Å². The van der Waals surface area contributed by atoms with Gasteiger partial charge in [-0.3, -0.25) is 9.78 Å². The summed E-state index contributed by atoms with van der Waals surface area (Å²) in [4.78, 5) is 15.5. The molecule has 0 spiro atoms. The second-order valence-electron chi connectivity index (χ2n) is 6.23. The van der Waals surface area contributed by atoms with Crippen molar-refractivity contribution in [2.75, 3.05) is 0 Å². The molecule has 0 saturated heterocycles. The third-order valence-corrected chi connectivity index (χ3v) is 4.04. The molecule has 1 aromatic carbocycles. The fourth-order valence-electron chi connectivity index (χ4n) is 2.84. The average molecular weight is 342 g/mol. The van der Waals surface area contributed by atoms with E-state index in [2.05, 4.69) is 10.3 Å². The third kappa shape index (κ3) is 5.57. The van der Waals surface area contributed by atoms with E-state index in [9.17, 15) is 9.90 Å². The summed E-state index contributed by atoms with van der Waals surface area (Å²) < 4.78 is 5.93. The molecule has 25 heavy (non-hydrogen) atoms. The SMILES string of the molecule is CCCC(NCc1cc(C)c(OCc2ccccn2)c(C)c1)C(=O)O. The summed E-state index contributed by atoms with van der Waals surface area (Å²) >= 11 is 0. The average Bonchev–Trinajstić information content (AvgIpc) is 2.58. The van der Waals surface area contributed by atoms with Gasteiger partial charge in [0.15, 0.2) is 0 Å². The highest BCUT2D eigenvalue weighted by atomic mass is 16.5. The molecule has 0 aliphatic heterocycles. The molecule has 1 heterocycles. The number of carboxylic acids is 1. The molecule has 1 unspecified atom stereocenters. The lowest BCUT2D eigenvalue weighted by Gasteiger charge is -2.16. The fourth-order valence-corrected chi connectivity index (χ4v) is 2.84. The number of hydrogen-bond donors (Lipinski definition) is 2. The first-order chi connectivity index (χ1) is 12.0. The number of hydrogen-bond acceptors (Lipinski definition) is 4. The van der Waals surface area contributed by atoms with Crippen molar-refractivity contribution < 1.29 is 14.6 Å². The minimum absolute atomic E-state index is 0.428. The number of carboxylic acid groups (broad SMARTS) is 1. The molecule has 0 fully saturated rings. The van der Waals surface area contributed by atoms with E-state index >= 15 is 0 Å². The van der Waals surface area contributed by atoms with E-state index < -0.39 is 12.0 Å². The molecular formula is C20H26N2O3. The van der Waals surface area contributed by atoms with Gasteiger partial charge in [0.2, 0.25) is 0 Å². The summed E-state index contributed by atoms with van der Waals surface area (Å²) in [5.41, 5.74) is 4.02. The first-order valence-corrected chi connectivity index (χ1v) is 8.60. The third-order valence-electron chi connectivity index (χ3n) is 4.04. The van der Waals surface area contributed by atoms with Crippen molar-refractivity contribution in [1.29, 1.82) is 0 Å². The molecular weight excluding hydrogens is 316 g/mol. The molecule has 1 atom stereocenters. The standard InChI is InChI=1S/C20H26N2O3/c1-4-7-18(20(23)24)22-12-16-10-14(2)19(15(3)11-16)25-13-17-8-5-6-9-21-17/h5-6,8-11,18,22H,4,7,12-13H2,1-3H3,(H,23,24). The quantitative estimate of drug-likeness (QED) is 0.728. The zero-order valence-electron chi connectivity index (χ0n) is 15.1. The van der Waals surface area contributed by atoms with Gasteiger partial charge < -0.3 is 15.2 Å². The molecule has 0 bridgehead atoms. The van der Waals surface area contributed by atoms with E-state index in [0.29, 0.717) is 19.6 Å². The number of carbonyl (C=O) groups is 1. The molecule has 1 aromatic heterocycles. The number of pyridine rings is 1. The lowest BCUT2D eigenvalue weighted by Crippen LogP contribution is -2.36. The van der Waals surface area contributed by atoms with Crippen molar-refractivity contribution in [2.45, 2.75) is 52.8 Å². The summed E-state index contributed by atoms with van der Waals surface area (Å²) in [6.45, 7) is 6.95. The fraction of sp³-hybridized carbons (Fsp3) is 0.400. The van der Waals surface area contributed by atoms with Crippen molar-refractivity contribution in [2.24, 2.45) is 0 Å². The van der Waals surface area contributed by atoms with E-state index in [4.69, 9.17) is 4.74 Å². The van der Waals surface area contributed by atoms with Gasteiger partial charge >= 0.3 is 5.97 Å². The Labute approximate surface area is 149 Å². The van der Waals surface area contributed by atoms with Crippen LogP contribution in [0.15, 0.2) is 36.5 Å².